The summed E-state index contributed by atoms with van der Waals surface area (Å²) < 4.78 is 40.5. The number of rotatable bonds is 3. The smallest absolute Gasteiger partial charge is 0.194 e. The molecule has 0 radical (unpaired) electrons. The number of thiophene rings is 1. The third-order valence-electron chi connectivity index (χ3n) is 2.45. The Bertz CT molecular complexity index is 573. The van der Waals surface area contributed by atoms with Crippen LogP contribution in [0.15, 0.2) is 28.1 Å². The van der Waals surface area contributed by atoms with E-state index in [4.69, 9.17) is 5.84 Å². The van der Waals surface area contributed by atoms with E-state index in [0.29, 0.717) is 4.88 Å². The molecule has 1 atom stereocenters. The minimum absolute atomic E-state index is 0.0421. The van der Waals surface area contributed by atoms with Crippen LogP contribution in [-0.4, -0.2) is 0 Å². The molecule has 3 N–H and O–H groups in total. The average Bonchev–Trinajstić information content (AvgIpc) is 2.77. The molecule has 2 aromatic rings. The third kappa shape index (κ3) is 2.31. The summed E-state index contributed by atoms with van der Waals surface area (Å²) in [6.07, 6.45) is 0. The molecule has 0 amide bonds. The zero-order valence-corrected chi connectivity index (χ0v) is 11.3. The van der Waals surface area contributed by atoms with E-state index >= 15 is 0 Å². The molecule has 1 unspecified atom stereocenters. The zero-order valence-electron chi connectivity index (χ0n) is 8.88. The summed E-state index contributed by atoms with van der Waals surface area (Å²) >= 11 is 4.61. The van der Waals surface area contributed by atoms with E-state index in [1.165, 1.54) is 17.4 Å². The van der Waals surface area contributed by atoms with Crippen LogP contribution in [0.3, 0.4) is 0 Å². The maximum absolute atomic E-state index is 13.7. The molecule has 1 aromatic carbocycles. The molecule has 0 aliphatic heterocycles. The predicted octanol–water partition coefficient (Wildman–Crippen LogP) is 3.48. The van der Waals surface area contributed by atoms with Crippen molar-refractivity contribution in [3.05, 3.63) is 55.9 Å². The lowest BCUT2D eigenvalue weighted by Crippen LogP contribution is -2.29. The Morgan fingerprint density at radius 1 is 1.17 bits per heavy atom. The molecular formula is C11H8BrF3N2S. The molecule has 0 fully saturated rings. The zero-order chi connectivity index (χ0) is 13.3. The Labute approximate surface area is 114 Å². The van der Waals surface area contributed by atoms with Crippen LogP contribution in [0, 0.1) is 17.5 Å². The van der Waals surface area contributed by atoms with Crippen molar-refractivity contribution < 1.29 is 13.2 Å². The van der Waals surface area contributed by atoms with Gasteiger partial charge in [-0.05, 0) is 33.4 Å². The lowest BCUT2D eigenvalue weighted by Gasteiger charge is -2.16. The summed E-state index contributed by atoms with van der Waals surface area (Å²) in [5, 5.41) is 1.78. The summed E-state index contributed by atoms with van der Waals surface area (Å²) in [5.41, 5.74) is 2.36. The van der Waals surface area contributed by atoms with Gasteiger partial charge in [-0.1, -0.05) is 6.07 Å². The Balaban J connectivity index is 2.53. The predicted molar refractivity (Wildman–Crippen MR) is 67.5 cm³/mol. The van der Waals surface area contributed by atoms with Gasteiger partial charge >= 0.3 is 0 Å². The van der Waals surface area contributed by atoms with Gasteiger partial charge in [0.05, 0.1) is 6.04 Å². The van der Waals surface area contributed by atoms with E-state index in [-0.39, 0.29) is 5.56 Å². The summed E-state index contributed by atoms with van der Waals surface area (Å²) in [6.45, 7) is 0. The van der Waals surface area contributed by atoms with Crippen LogP contribution in [-0.2, 0) is 0 Å². The standard InChI is InChI=1S/C11H8BrF3N2S/c12-6-3-4-18-11(6)10(17-16)5-1-2-7(13)9(15)8(5)14/h1-4,10,17H,16H2. The van der Waals surface area contributed by atoms with E-state index in [1.807, 2.05) is 0 Å². The van der Waals surface area contributed by atoms with Crippen LogP contribution in [0.5, 0.6) is 0 Å². The minimum Gasteiger partial charge on any atom is -0.271 e. The molecule has 2 nitrogen and oxygen atoms in total. The Kier molecular flexibility index (Phi) is 4.06. The van der Waals surface area contributed by atoms with E-state index in [0.717, 1.165) is 10.5 Å². The average molecular weight is 337 g/mol. The topological polar surface area (TPSA) is 38.0 Å². The van der Waals surface area contributed by atoms with Gasteiger partial charge in [0, 0.05) is 14.9 Å². The molecule has 0 aliphatic carbocycles. The van der Waals surface area contributed by atoms with Crippen LogP contribution in [0.2, 0.25) is 0 Å². The van der Waals surface area contributed by atoms with Crippen LogP contribution in [0.1, 0.15) is 16.5 Å². The first-order valence-corrected chi connectivity index (χ1v) is 6.56. The largest absolute Gasteiger partial charge is 0.271 e. The molecule has 96 valence electrons. The van der Waals surface area contributed by atoms with E-state index in [2.05, 4.69) is 21.4 Å². The van der Waals surface area contributed by atoms with Gasteiger partial charge in [-0.25, -0.2) is 18.6 Å². The number of benzene rings is 1. The van der Waals surface area contributed by atoms with E-state index in [9.17, 15) is 13.2 Å². The van der Waals surface area contributed by atoms with Gasteiger partial charge in [0.15, 0.2) is 17.5 Å². The van der Waals surface area contributed by atoms with Gasteiger partial charge in [-0.15, -0.1) is 11.3 Å². The SMILES string of the molecule is NNC(c1ccc(F)c(F)c1F)c1sccc1Br. The normalized spacial score (nSPS) is 12.7. The number of hydrogen-bond acceptors (Lipinski definition) is 3. The first-order valence-electron chi connectivity index (χ1n) is 4.88. The highest BCUT2D eigenvalue weighted by molar-refractivity contribution is 9.10. The molecule has 0 aliphatic rings. The second kappa shape index (κ2) is 5.40. The highest BCUT2D eigenvalue weighted by Gasteiger charge is 2.23. The first-order chi connectivity index (χ1) is 8.56. The second-order valence-electron chi connectivity index (χ2n) is 3.50. The lowest BCUT2D eigenvalue weighted by molar-refractivity contribution is 0.433. The molecule has 18 heavy (non-hydrogen) atoms. The highest BCUT2D eigenvalue weighted by Crippen LogP contribution is 2.34. The van der Waals surface area contributed by atoms with Crippen LogP contribution in [0.4, 0.5) is 13.2 Å². The summed E-state index contributed by atoms with van der Waals surface area (Å²) in [5.74, 6) is 1.41. The molecule has 0 saturated carbocycles. The Morgan fingerprint density at radius 3 is 2.44 bits per heavy atom. The first kappa shape index (κ1) is 13.5. The Morgan fingerprint density at radius 2 is 1.89 bits per heavy atom. The van der Waals surface area contributed by atoms with Crippen molar-refractivity contribution in [3.8, 4) is 0 Å². The van der Waals surface area contributed by atoms with Crippen molar-refractivity contribution >= 4 is 27.3 Å². The van der Waals surface area contributed by atoms with Crippen molar-refractivity contribution in [2.75, 3.05) is 0 Å². The van der Waals surface area contributed by atoms with E-state index < -0.39 is 23.5 Å². The number of nitrogens with two attached hydrogens (primary N) is 1. The van der Waals surface area contributed by atoms with Crippen molar-refractivity contribution in [1.82, 2.24) is 5.43 Å². The number of hydrazine groups is 1. The molecular weight excluding hydrogens is 329 g/mol. The summed E-state index contributed by atoms with van der Waals surface area (Å²) in [7, 11) is 0. The van der Waals surface area contributed by atoms with Crippen molar-refractivity contribution in [1.29, 1.82) is 0 Å². The van der Waals surface area contributed by atoms with Crippen molar-refractivity contribution in [2.24, 2.45) is 5.84 Å². The minimum atomic E-state index is -1.50. The molecule has 1 aromatic heterocycles. The van der Waals surface area contributed by atoms with Gasteiger partial charge in [-0.2, -0.15) is 0 Å². The summed E-state index contributed by atoms with van der Waals surface area (Å²) in [4.78, 5) is 0.683. The van der Waals surface area contributed by atoms with Crippen LogP contribution >= 0.6 is 27.3 Å². The van der Waals surface area contributed by atoms with Gasteiger partial charge in [0.2, 0.25) is 0 Å². The van der Waals surface area contributed by atoms with Crippen LogP contribution in [0.25, 0.3) is 0 Å². The molecule has 0 spiro atoms. The molecule has 1 heterocycles. The molecule has 0 bridgehead atoms. The van der Waals surface area contributed by atoms with Gasteiger partial charge in [0.1, 0.15) is 0 Å². The summed E-state index contributed by atoms with van der Waals surface area (Å²) in [6, 6.07) is 3.07. The number of halogens is 4. The molecule has 2 rings (SSSR count). The highest BCUT2D eigenvalue weighted by atomic mass is 79.9. The lowest BCUT2D eigenvalue weighted by atomic mass is 10.0. The maximum Gasteiger partial charge on any atom is 0.194 e. The van der Waals surface area contributed by atoms with E-state index in [1.54, 1.807) is 11.4 Å². The fraction of sp³-hybridized carbons (Fsp3) is 0.0909. The van der Waals surface area contributed by atoms with Crippen LogP contribution < -0.4 is 11.3 Å². The van der Waals surface area contributed by atoms with Gasteiger partial charge in [0.25, 0.3) is 0 Å². The Hall–Kier alpha value is -0.890. The molecule has 0 saturated heterocycles. The maximum atomic E-state index is 13.7. The van der Waals surface area contributed by atoms with Gasteiger partial charge < -0.3 is 0 Å². The number of hydrogen-bond donors (Lipinski definition) is 2. The monoisotopic (exact) mass is 336 g/mol. The third-order valence-corrected chi connectivity index (χ3v) is 4.39. The second-order valence-corrected chi connectivity index (χ2v) is 5.30. The number of nitrogens with one attached hydrogen (secondary N) is 1. The van der Waals surface area contributed by atoms with Gasteiger partial charge in [-0.3, -0.25) is 5.84 Å². The molecule has 7 heteroatoms. The fourth-order valence-corrected chi connectivity index (χ4v) is 3.26. The van der Waals surface area contributed by atoms with Crippen molar-refractivity contribution in [3.63, 3.8) is 0 Å². The fourth-order valence-electron chi connectivity index (χ4n) is 1.58. The quantitative estimate of drug-likeness (QED) is 0.511. The van der Waals surface area contributed by atoms with Crippen molar-refractivity contribution in [2.45, 2.75) is 6.04 Å².